The molecule has 8 heteroatoms. The van der Waals surface area contributed by atoms with Gasteiger partial charge in [0.25, 0.3) is 5.91 Å². The van der Waals surface area contributed by atoms with Crippen LogP contribution < -0.4 is 10.6 Å². The minimum atomic E-state index is -0.0805. The summed E-state index contributed by atoms with van der Waals surface area (Å²) in [5.41, 5.74) is 9.27. The van der Waals surface area contributed by atoms with Crippen molar-refractivity contribution >= 4 is 23.2 Å². The van der Waals surface area contributed by atoms with Crippen molar-refractivity contribution < 1.29 is 4.79 Å². The molecule has 0 saturated carbocycles. The standard InChI is InChI=1S/C22H27N7O/c1-15-14-29-19(25-21(15)27-10-4-5-11-27)13-17(26-29)18-8-2-3-12-28(18)22(30)16-7-6-9-24-20(16)23/h6-7,9,13-14,18H,2-5,8,10-12H2,1H3,(H2,23,24)/t18-/m0/s1. The molecule has 1 atom stereocenters. The first-order valence-electron chi connectivity index (χ1n) is 10.7. The van der Waals surface area contributed by atoms with Gasteiger partial charge < -0.3 is 15.5 Å². The third kappa shape index (κ3) is 3.26. The quantitative estimate of drug-likeness (QED) is 0.720. The number of hydrogen-bond donors (Lipinski definition) is 1. The number of aromatic nitrogens is 4. The summed E-state index contributed by atoms with van der Waals surface area (Å²) in [6.45, 7) is 4.89. The Labute approximate surface area is 175 Å². The number of fused-ring (bicyclic) bond motifs is 1. The molecule has 2 saturated heterocycles. The van der Waals surface area contributed by atoms with Crippen LogP contribution in [0.4, 0.5) is 11.6 Å². The van der Waals surface area contributed by atoms with Gasteiger partial charge in [0.05, 0.1) is 17.3 Å². The summed E-state index contributed by atoms with van der Waals surface area (Å²) in [4.78, 5) is 26.5. The monoisotopic (exact) mass is 405 g/mol. The number of anilines is 2. The molecule has 1 amide bonds. The molecule has 3 aromatic rings. The molecule has 0 spiro atoms. The number of carbonyl (C=O) groups is 1. The summed E-state index contributed by atoms with van der Waals surface area (Å²) in [5, 5.41) is 4.81. The maximum Gasteiger partial charge on any atom is 0.258 e. The fraction of sp³-hybridized carbons (Fsp3) is 0.455. The van der Waals surface area contributed by atoms with Crippen molar-refractivity contribution in [3.05, 3.63) is 47.4 Å². The van der Waals surface area contributed by atoms with Gasteiger partial charge in [-0.05, 0) is 51.2 Å². The van der Waals surface area contributed by atoms with Crippen LogP contribution in [0.5, 0.6) is 0 Å². The summed E-state index contributed by atoms with van der Waals surface area (Å²) >= 11 is 0. The van der Waals surface area contributed by atoms with Gasteiger partial charge in [0.15, 0.2) is 5.65 Å². The van der Waals surface area contributed by atoms with E-state index in [1.54, 1.807) is 18.3 Å². The van der Waals surface area contributed by atoms with E-state index < -0.39 is 0 Å². The lowest BCUT2D eigenvalue weighted by molar-refractivity contribution is 0.0606. The number of hydrogen-bond acceptors (Lipinski definition) is 6. The summed E-state index contributed by atoms with van der Waals surface area (Å²) in [5.74, 6) is 1.24. The maximum absolute atomic E-state index is 13.3. The molecule has 2 aliphatic heterocycles. The molecule has 5 rings (SSSR count). The Morgan fingerprint density at radius 3 is 2.77 bits per heavy atom. The van der Waals surface area contributed by atoms with Crippen LogP contribution in [-0.2, 0) is 0 Å². The number of pyridine rings is 1. The van der Waals surface area contributed by atoms with Crippen molar-refractivity contribution in [2.24, 2.45) is 0 Å². The van der Waals surface area contributed by atoms with E-state index in [-0.39, 0.29) is 17.8 Å². The second-order valence-electron chi connectivity index (χ2n) is 8.26. The van der Waals surface area contributed by atoms with Crippen molar-refractivity contribution in [2.45, 2.75) is 45.1 Å². The van der Waals surface area contributed by atoms with Crippen LogP contribution >= 0.6 is 0 Å². The van der Waals surface area contributed by atoms with Gasteiger partial charge >= 0.3 is 0 Å². The molecule has 5 heterocycles. The van der Waals surface area contributed by atoms with Gasteiger partial charge in [-0.1, -0.05) is 0 Å². The molecule has 0 aromatic carbocycles. The van der Waals surface area contributed by atoms with Crippen LogP contribution in [0.3, 0.4) is 0 Å². The van der Waals surface area contributed by atoms with E-state index in [2.05, 4.69) is 16.8 Å². The number of carbonyl (C=O) groups excluding carboxylic acids is 1. The molecular formula is C22H27N7O. The molecule has 0 aliphatic carbocycles. The highest BCUT2D eigenvalue weighted by atomic mass is 16.2. The van der Waals surface area contributed by atoms with Gasteiger partial charge in [-0.25, -0.2) is 14.5 Å². The largest absolute Gasteiger partial charge is 0.383 e. The van der Waals surface area contributed by atoms with Gasteiger partial charge in [0.2, 0.25) is 0 Å². The summed E-state index contributed by atoms with van der Waals surface area (Å²) < 4.78 is 1.85. The molecule has 30 heavy (non-hydrogen) atoms. The fourth-order valence-corrected chi connectivity index (χ4v) is 4.67. The first-order valence-corrected chi connectivity index (χ1v) is 10.7. The van der Waals surface area contributed by atoms with Gasteiger partial charge in [0.1, 0.15) is 11.6 Å². The Bertz CT molecular complexity index is 1090. The third-order valence-corrected chi connectivity index (χ3v) is 6.20. The number of amides is 1. The number of nitrogens with two attached hydrogens (primary N) is 1. The number of nitrogen functional groups attached to an aromatic ring is 1. The van der Waals surface area contributed by atoms with Crippen molar-refractivity contribution in [3.63, 3.8) is 0 Å². The van der Waals surface area contributed by atoms with Crippen LogP contribution in [0.25, 0.3) is 5.65 Å². The average Bonchev–Trinajstić information content (AvgIpc) is 3.42. The highest BCUT2D eigenvalue weighted by Crippen LogP contribution is 2.33. The van der Waals surface area contributed by atoms with Crippen molar-refractivity contribution in [1.29, 1.82) is 0 Å². The molecule has 0 radical (unpaired) electrons. The van der Waals surface area contributed by atoms with Crippen LogP contribution in [0.2, 0.25) is 0 Å². The zero-order valence-electron chi connectivity index (χ0n) is 17.3. The Kier molecular flexibility index (Phi) is 4.77. The molecule has 8 nitrogen and oxygen atoms in total. The Balaban J connectivity index is 1.49. The van der Waals surface area contributed by atoms with Crippen molar-refractivity contribution in [2.75, 3.05) is 30.3 Å². The molecule has 0 bridgehead atoms. The summed E-state index contributed by atoms with van der Waals surface area (Å²) in [6, 6.07) is 5.44. The molecule has 2 aliphatic rings. The number of rotatable bonds is 3. The molecule has 156 valence electrons. The molecule has 2 N–H and O–H groups in total. The predicted molar refractivity (Wildman–Crippen MR) is 115 cm³/mol. The van der Waals surface area contributed by atoms with Crippen LogP contribution in [0.1, 0.15) is 59.8 Å². The first kappa shape index (κ1) is 18.8. The molecule has 0 unspecified atom stereocenters. The van der Waals surface area contributed by atoms with Crippen molar-refractivity contribution in [1.82, 2.24) is 24.5 Å². The summed E-state index contributed by atoms with van der Waals surface area (Å²) in [6.07, 6.45) is 9.01. The smallest absolute Gasteiger partial charge is 0.258 e. The van der Waals surface area contributed by atoms with E-state index in [0.717, 1.165) is 55.1 Å². The van der Waals surface area contributed by atoms with E-state index in [1.165, 1.54) is 12.8 Å². The Morgan fingerprint density at radius 2 is 1.97 bits per heavy atom. The minimum Gasteiger partial charge on any atom is -0.383 e. The maximum atomic E-state index is 13.3. The van der Waals surface area contributed by atoms with Gasteiger partial charge in [-0.3, -0.25) is 4.79 Å². The summed E-state index contributed by atoms with van der Waals surface area (Å²) in [7, 11) is 0. The van der Waals surface area contributed by atoms with E-state index in [9.17, 15) is 4.79 Å². The lowest BCUT2D eigenvalue weighted by Gasteiger charge is -2.34. The normalized spacial score (nSPS) is 19.6. The number of nitrogens with zero attached hydrogens (tertiary/aromatic N) is 6. The molecule has 2 fully saturated rings. The third-order valence-electron chi connectivity index (χ3n) is 6.20. The van der Waals surface area contributed by atoms with E-state index in [1.807, 2.05) is 21.7 Å². The van der Waals surface area contributed by atoms with Crippen molar-refractivity contribution in [3.8, 4) is 0 Å². The highest BCUT2D eigenvalue weighted by molar-refractivity contribution is 5.98. The minimum absolute atomic E-state index is 0.0794. The first-order chi connectivity index (χ1) is 14.6. The number of aryl methyl sites for hydroxylation is 1. The lowest BCUT2D eigenvalue weighted by atomic mass is 9.98. The Hall–Kier alpha value is -3.16. The number of likely N-dealkylation sites (tertiary alicyclic amines) is 1. The van der Waals surface area contributed by atoms with Crippen LogP contribution in [0, 0.1) is 6.92 Å². The van der Waals surface area contributed by atoms with Crippen LogP contribution in [-0.4, -0.2) is 50.0 Å². The van der Waals surface area contributed by atoms with E-state index in [4.69, 9.17) is 15.8 Å². The zero-order chi connectivity index (χ0) is 20.7. The fourth-order valence-electron chi connectivity index (χ4n) is 4.67. The molecular weight excluding hydrogens is 378 g/mol. The highest BCUT2D eigenvalue weighted by Gasteiger charge is 2.32. The Morgan fingerprint density at radius 1 is 1.17 bits per heavy atom. The van der Waals surface area contributed by atoms with E-state index >= 15 is 0 Å². The van der Waals surface area contributed by atoms with Crippen LogP contribution in [0.15, 0.2) is 30.6 Å². The SMILES string of the molecule is Cc1cn2nc([C@@H]3CCCCN3C(=O)c3cccnc3N)cc2nc1N1CCCC1. The van der Waals surface area contributed by atoms with Gasteiger partial charge in [-0.15, -0.1) is 0 Å². The second kappa shape index (κ2) is 7.59. The second-order valence-corrected chi connectivity index (χ2v) is 8.26. The average molecular weight is 406 g/mol. The topological polar surface area (TPSA) is 92.6 Å². The predicted octanol–water partition coefficient (Wildman–Crippen LogP) is 2.98. The lowest BCUT2D eigenvalue weighted by Crippen LogP contribution is -2.39. The van der Waals surface area contributed by atoms with Gasteiger partial charge in [-0.2, -0.15) is 5.10 Å². The van der Waals surface area contributed by atoms with E-state index in [0.29, 0.717) is 12.1 Å². The molecule has 3 aromatic heterocycles. The number of piperidine rings is 1. The zero-order valence-corrected chi connectivity index (χ0v) is 17.3. The van der Waals surface area contributed by atoms with Gasteiger partial charge in [0, 0.05) is 43.7 Å².